The van der Waals surface area contributed by atoms with Crippen molar-refractivity contribution in [2.75, 3.05) is 23.0 Å². The first-order valence-electron chi connectivity index (χ1n) is 6.28. The molecule has 1 aromatic carbocycles. The first-order valence-corrected chi connectivity index (χ1v) is 7.44. The molecule has 20 heavy (non-hydrogen) atoms. The first-order chi connectivity index (χ1) is 9.41. The Kier molecular flexibility index (Phi) is 4.17. The molecule has 1 aliphatic heterocycles. The summed E-state index contributed by atoms with van der Waals surface area (Å²) in [6, 6.07) is 2.90. The molecule has 0 aliphatic carbocycles. The van der Waals surface area contributed by atoms with Gasteiger partial charge in [-0.2, -0.15) is 11.8 Å². The molecule has 0 aromatic heterocycles. The molecule has 1 heterocycles. The number of carboxylic acid groups (broad SMARTS) is 1. The fourth-order valence-electron chi connectivity index (χ4n) is 2.38. The van der Waals surface area contributed by atoms with Crippen molar-refractivity contribution in [3.05, 3.63) is 33.4 Å². The number of nitro groups is 1. The zero-order chi connectivity index (χ0) is 14.9. The van der Waals surface area contributed by atoms with Crippen molar-refractivity contribution in [3.63, 3.8) is 0 Å². The van der Waals surface area contributed by atoms with Crippen LogP contribution in [-0.4, -0.2) is 40.1 Å². The molecular weight excluding hydrogens is 280 g/mol. The quantitative estimate of drug-likeness (QED) is 0.681. The number of carbonyl (C=O) groups is 1. The number of carboxylic acids is 1. The van der Waals surface area contributed by atoms with E-state index in [9.17, 15) is 14.9 Å². The lowest BCUT2D eigenvalue weighted by Gasteiger charge is -2.36. The van der Waals surface area contributed by atoms with Crippen LogP contribution in [0, 0.1) is 17.0 Å². The van der Waals surface area contributed by atoms with Gasteiger partial charge < -0.3 is 10.0 Å². The standard InChI is InChI=1S/C13H16N2O4S/c1-8-7-20-4-3-14(8)11-5-10(13(16)17)6-12(9(11)2)15(18)19/h5-6,8H,3-4,7H2,1-2H3,(H,16,17). The molecule has 2 rings (SSSR count). The molecule has 1 fully saturated rings. The molecule has 7 heteroatoms. The predicted octanol–water partition coefficient (Wildman–Crippen LogP) is 2.54. The number of benzene rings is 1. The maximum atomic E-state index is 11.2. The number of nitro benzene ring substituents is 1. The third-order valence-corrected chi connectivity index (χ3v) is 4.66. The van der Waals surface area contributed by atoms with Gasteiger partial charge in [0.2, 0.25) is 0 Å². The molecule has 108 valence electrons. The van der Waals surface area contributed by atoms with Gasteiger partial charge in [-0.15, -0.1) is 0 Å². The zero-order valence-electron chi connectivity index (χ0n) is 11.3. The van der Waals surface area contributed by atoms with E-state index < -0.39 is 10.9 Å². The molecule has 1 N–H and O–H groups in total. The maximum absolute atomic E-state index is 11.2. The van der Waals surface area contributed by atoms with Crippen LogP contribution < -0.4 is 4.90 Å². The van der Waals surface area contributed by atoms with Crippen LogP contribution in [-0.2, 0) is 0 Å². The smallest absolute Gasteiger partial charge is 0.336 e. The van der Waals surface area contributed by atoms with Crippen LogP contribution in [0.1, 0.15) is 22.8 Å². The Labute approximate surface area is 120 Å². The van der Waals surface area contributed by atoms with Gasteiger partial charge in [-0.25, -0.2) is 4.79 Å². The van der Waals surface area contributed by atoms with Gasteiger partial charge in [-0.1, -0.05) is 0 Å². The maximum Gasteiger partial charge on any atom is 0.336 e. The zero-order valence-corrected chi connectivity index (χ0v) is 12.1. The highest BCUT2D eigenvalue weighted by atomic mass is 32.2. The minimum atomic E-state index is -1.15. The highest BCUT2D eigenvalue weighted by Crippen LogP contribution is 2.33. The molecule has 1 atom stereocenters. The molecular formula is C13H16N2O4S. The van der Waals surface area contributed by atoms with E-state index in [1.807, 2.05) is 18.7 Å². The Morgan fingerprint density at radius 2 is 2.25 bits per heavy atom. The van der Waals surface area contributed by atoms with Crippen molar-refractivity contribution in [2.45, 2.75) is 19.9 Å². The summed E-state index contributed by atoms with van der Waals surface area (Å²) in [6.45, 7) is 4.49. The van der Waals surface area contributed by atoms with Crippen molar-refractivity contribution in [1.82, 2.24) is 0 Å². The van der Waals surface area contributed by atoms with E-state index in [1.54, 1.807) is 6.92 Å². The SMILES string of the molecule is Cc1c(N2CCSCC2C)cc(C(=O)O)cc1[N+](=O)[O-]. The predicted molar refractivity (Wildman–Crippen MR) is 78.9 cm³/mol. The van der Waals surface area contributed by atoms with Gasteiger partial charge in [0.15, 0.2) is 0 Å². The number of rotatable bonds is 3. The largest absolute Gasteiger partial charge is 0.478 e. The van der Waals surface area contributed by atoms with E-state index in [1.165, 1.54) is 6.07 Å². The van der Waals surface area contributed by atoms with Crippen molar-refractivity contribution in [1.29, 1.82) is 0 Å². The van der Waals surface area contributed by atoms with E-state index in [2.05, 4.69) is 4.90 Å². The van der Waals surface area contributed by atoms with Crippen LogP contribution in [0.25, 0.3) is 0 Å². The molecule has 6 nitrogen and oxygen atoms in total. The Balaban J connectivity index is 2.55. The van der Waals surface area contributed by atoms with Crippen LogP contribution in [0.5, 0.6) is 0 Å². The second-order valence-corrected chi connectivity index (χ2v) is 5.97. The Morgan fingerprint density at radius 1 is 1.55 bits per heavy atom. The summed E-state index contributed by atoms with van der Waals surface area (Å²) in [7, 11) is 0. The molecule has 0 amide bonds. The normalized spacial score (nSPS) is 18.9. The average molecular weight is 296 g/mol. The fraction of sp³-hybridized carbons (Fsp3) is 0.462. The number of nitrogens with zero attached hydrogens (tertiary/aromatic N) is 2. The second kappa shape index (κ2) is 5.70. The van der Waals surface area contributed by atoms with Crippen LogP contribution >= 0.6 is 11.8 Å². The van der Waals surface area contributed by atoms with Gasteiger partial charge in [0.25, 0.3) is 5.69 Å². The van der Waals surface area contributed by atoms with E-state index in [0.29, 0.717) is 11.3 Å². The highest BCUT2D eigenvalue weighted by molar-refractivity contribution is 7.99. The molecule has 0 spiro atoms. The Hall–Kier alpha value is -1.76. The van der Waals surface area contributed by atoms with Gasteiger partial charge in [-0.3, -0.25) is 10.1 Å². The summed E-state index contributed by atoms with van der Waals surface area (Å²) >= 11 is 1.84. The highest BCUT2D eigenvalue weighted by Gasteiger charge is 2.26. The van der Waals surface area contributed by atoms with Crippen LogP contribution in [0.2, 0.25) is 0 Å². The van der Waals surface area contributed by atoms with Crippen molar-refractivity contribution in [2.24, 2.45) is 0 Å². The third-order valence-electron chi connectivity index (χ3n) is 3.47. The summed E-state index contributed by atoms with van der Waals surface area (Å²) in [5, 5.41) is 20.2. The number of thioether (sulfide) groups is 1. The topological polar surface area (TPSA) is 83.7 Å². The van der Waals surface area contributed by atoms with Gasteiger partial charge in [-0.05, 0) is 19.9 Å². The summed E-state index contributed by atoms with van der Waals surface area (Å²) in [5.41, 5.74) is 1.01. The summed E-state index contributed by atoms with van der Waals surface area (Å²) in [4.78, 5) is 23.8. The molecule has 1 saturated heterocycles. The molecule has 1 aliphatic rings. The number of anilines is 1. The lowest BCUT2D eigenvalue weighted by atomic mass is 10.1. The van der Waals surface area contributed by atoms with Gasteiger partial charge >= 0.3 is 5.97 Å². The van der Waals surface area contributed by atoms with Crippen LogP contribution in [0.15, 0.2) is 12.1 Å². The lowest BCUT2D eigenvalue weighted by Crippen LogP contribution is -2.41. The van der Waals surface area contributed by atoms with Gasteiger partial charge in [0, 0.05) is 35.8 Å². The fourth-order valence-corrected chi connectivity index (χ4v) is 3.39. The summed E-state index contributed by atoms with van der Waals surface area (Å²) in [5.74, 6) is 0.729. The molecule has 1 unspecified atom stereocenters. The number of aromatic carboxylic acids is 1. The van der Waals surface area contributed by atoms with Crippen LogP contribution in [0.4, 0.5) is 11.4 Å². The monoisotopic (exact) mass is 296 g/mol. The van der Waals surface area contributed by atoms with Crippen LogP contribution in [0.3, 0.4) is 0 Å². The lowest BCUT2D eigenvalue weighted by molar-refractivity contribution is -0.385. The third kappa shape index (κ3) is 2.72. The summed E-state index contributed by atoms with van der Waals surface area (Å²) < 4.78 is 0. The second-order valence-electron chi connectivity index (χ2n) is 4.82. The molecule has 0 bridgehead atoms. The molecule has 0 radical (unpaired) electrons. The Morgan fingerprint density at radius 3 is 2.80 bits per heavy atom. The Bertz CT molecular complexity index is 562. The number of hydrogen-bond donors (Lipinski definition) is 1. The number of hydrogen-bond acceptors (Lipinski definition) is 5. The first kappa shape index (κ1) is 14.6. The minimum absolute atomic E-state index is 0.0391. The molecule has 0 saturated carbocycles. The van der Waals surface area contributed by atoms with E-state index in [4.69, 9.17) is 5.11 Å². The minimum Gasteiger partial charge on any atom is -0.478 e. The van der Waals surface area contributed by atoms with Gasteiger partial charge in [0.05, 0.1) is 16.1 Å². The summed E-state index contributed by atoms with van der Waals surface area (Å²) in [6.07, 6.45) is 0. The van der Waals surface area contributed by atoms with E-state index >= 15 is 0 Å². The average Bonchev–Trinajstić information content (AvgIpc) is 2.39. The van der Waals surface area contributed by atoms with Crippen molar-refractivity contribution >= 4 is 29.1 Å². The van der Waals surface area contributed by atoms with Gasteiger partial charge in [0.1, 0.15) is 0 Å². The van der Waals surface area contributed by atoms with E-state index in [-0.39, 0.29) is 17.3 Å². The molecule has 1 aromatic rings. The van der Waals surface area contributed by atoms with Crippen molar-refractivity contribution in [3.8, 4) is 0 Å². The van der Waals surface area contributed by atoms with Crippen molar-refractivity contribution < 1.29 is 14.8 Å². The van der Waals surface area contributed by atoms with E-state index in [0.717, 1.165) is 24.1 Å².